The summed E-state index contributed by atoms with van der Waals surface area (Å²) in [6, 6.07) is 6.50. The van der Waals surface area contributed by atoms with Crippen molar-refractivity contribution in [1.29, 1.82) is 0 Å². The molecule has 0 atom stereocenters. The zero-order valence-corrected chi connectivity index (χ0v) is 11.3. The van der Waals surface area contributed by atoms with E-state index >= 15 is 0 Å². The highest BCUT2D eigenvalue weighted by Gasteiger charge is 2.14. The van der Waals surface area contributed by atoms with Gasteiger partial charge < -0.3 is 9.88 Å². The highest BCUT2D eigenvalue weighted by Crippen LogP contribution is 2.28. The van der Waals surface area contributed by atoms with Crippen molar-refractivity contribution in [1.82, 2.24) is 14.9 Å². The molecular weight excluding hydrogens is 285 g/mol. The van der Waals surface area contributed by atoms with E-state index in [0.717, 1.165) is 21.7 Å². The highest BCUT2D eigenvalue weighted by molar-refractivity contribution is 9.10. The fourth-order valence-corrected chi connectivity index (χ4v) is 2.47. The zero-order chi connectivity index (χ0) is 12.4. The van der Waals surface area contributed by atoms with Crippen LogP contribution in [-0.2, 0) is 13.6 Å². The summed E-state index contributed by atoms with van der Waals surface area (Å²) in [5.41, 5.74) is 1.70. The summed E-state index contributed by atoms with van der Waals surface area (Å²) in [4.78, 5) is 4.40. The van der Waals surface area contributed by atoms with E-state index in [0.29, 0.717) is 6.54 Å². The number of benzene rings is 1. The topological polar surface area (TPSA) is 29.9 Å². The number of halogens is 2. The van der Waals surface area contributed by atoms with E-state index in [4.69, 9.17) is 0 Å². The van der Waals surface area contributed by atoms with Crippen LogP contribution in [0.1, 0.15) is 5.82 Å². The van der Waals surface area contributed by atoms with E-state index in [1.165, 1.54) is 12.1 Å². The molecule has 0 radical (unpaired) electrons. The van der Waals surface area contributed by atoms with Gasteiger partial charge in [-0.3, -0.25) is 0 Å². The molecule has 1 heterocycles. The summed E-state index contributed by atoms with van der Waals surface area (Å²) in [5.74, 6) is 0.657. The van der Waals surface area contributed by atoms with Gasteiger partial charge in [-0.25, -0.2) is 9.37 Å². The number of nitrogens with zero attached hydrogens (tertiary/aromatic N) is 2. The summed E-state index contributed by atoms with van der Waals surface area (Å²) < 4.78 is 15.9. The van der Waals surface area contributed by atoms with Gasteiger partial charge in [-0.1, -0.05) is 12.1 Å². The molecule has 0 aliphatic rings. The van der Waals surface area contributed by atoms with Crippen molar-refractivity contribution >= 4 is 15.9 Å². The van der Waals surface area contributed by atoms with Gasteiger partial charge in [-0.05, 0) is 35.1 Å². The largest absolute Gasteiger partial charge is 0.329 e. The van der Waals surface area contributed by atoms with Crippen LogP contribution in [0, 0.1) is 5.82 Å². The van der Waals surface area contributed by atoms with Gasteiger partial charge in [0, 0.05) is 12.6 Å². The van der Waals surface area contributed by atoms with Gasteiger partial charge in [0.2, 0.25) is 0 Å². The van der Waals surface area contributed by atoms with Crippen molar-refractivity contribution < 1.29 is 4.39 Å². The SMILES string of the molecule is CNCc1nc(Br)c(-c2cccc(F)c2)n1C. The van der Waals surface area contributed by atoms with Crippen LogP contribution in [-0.4, -0.2) is 16.6 Å². The maximum atomic E-state index is 13.2. The molecule has 2 aromatic rings. The van der Waals surface area contributed by atoms with Gasteiger partial charge >= 0.3 is 0 Å². The Labute approximate surface area is 108 Å². The number of rotatable bonds is 3. The Balaban J connectivity index is 2.52. The minimum atomic E-state index is -0.245. The Morgan fingerprint density at radius 3 is 2.88 bits per heavy atom. The molecule has 90 valence electrons. The maximum Gasteiger partial charge on any atom is 0.132 e. The summed E-state index contributed by atoms with van der Waals surface area (Å²) in [6.07, 6.45) is 0. The van der Waals surface area contributed by atoms with E-state index in [-0.39, 0.29) is 5.82 Å². The number of imidazole rings is 1. The zero-order valence-electron chi connectivity index (χ0n) is 9.67. The van der Waals surface area contributed by atoms with Gasteiger partial charge in [0.25, 0.3) is 0 Å². The van der Waals surface area contributed by atoms with Crippen molar-refractivity contribution in [2.75, 3.05) is 7.05 Å². The second-order valence-electron chi connectivity index (χ2n) is 3.77. The predicted molar refractivity (Wildman–Crippen MR) is 69.1 cm³/mol. The molecule has 0 fully saturated rings. The first-order valence-electron chi connectivity index (χ1n) is 5.25. The minimum Gasteiger partial charge on any atom is -0.329 e. The van der Waals surface area contributed by atoms with Crippen molar-refractivity contribution in [3.63, 3.8) is 0 Å². The maximum absolute atomic E-state index is 13.2. The van der Waals surface area contributed by atoms with Crippen LogP contribution in [0.25, 0.3) is 11.3 Å². The Hall–Kier alpha value is -1.20. The third-order valence-corrected chi connectivity index (χ3v) is 3.13. The number of hydrogen-bond donors (Lipinski definition) is 1. The van der Waals surface area contributed by atoms with Crippen LogP contribution in [0.2, 0.25) is 0 Å². The lowest BCUT2D eigenvalue weighted by Crippen LogP contribution is -2.10. The monoisotopic (exact) mass is 297 g/mol. The molecule has 0 saturated heterocycles. The molecule has 3 nitrogen and oxygen atoms in total. The molecule has 1 aromatic heterocycles. The lowest BCUT2D eigenvalue weighted by molar-refractivity contribution is 0.628. The summed E-state index contributed by atoms with van der Waals surface area (Å²) in [6.45, 7) is 0.671. The lowest BCUT2D eigenvalue weighted by atomic mass is 10.1. The first kappa shape index (κ1) is 12.3. The molecule has 0 aliphatic carbocycles. The molecule has 0 amide bonds. The van der Waals surface area contributed by atoms with Crippen molar-refractivity contribution in [3.05, 3.63) is 40.5 Å². The highest BCUT2D eigenvalue weighted by atomic mass is 79.9. The molecule has 0 bridgehead atoms. The number of aromatic nitrogens is 2. The van der Waals surface area contributed by atoms with Gasteiger partial charge in [0.05, 0.1) is 12.2 Å². The standard InChI is InChI=1S/C12H13BrFN3/c1-15-7-10-16-12(13)11(17(10)2)8-4-3-5-9(14)6-8/h3-6,15H,7H2,1-2H3. The molecule has 0 unspecified atom stereocenters. The van der Waals surface area contributed by atoms with E-state index in [2.05, 4.69) is 26.2 Å². The number of nitrogens with one attached hydrogen (secondary N) is 1. The quantitative estimate of drug-likeness (QED) is 0.944. The van der Waals surface area contributed by atoms with Crippen LogP contribution in [0.3, 0.4) is 0 Å². The van der Waals surface area contributed by atoms with Crippen LogP contribution >= 0.6 is 15.9 Å². The Bertz CT molecular complexity index is 537. The van der Waals surface area contributed by atoms with Crippen LogP contribution in [0.4, 0.5) is 4.39 Å². The molecule has 1 aromatic carbocycles. The van der Waals surface area contributed by atoms with E-state index in [1.807, 2.05) is 24.7 Å². The van der Waals surface area contributed by atoms with Crippen LogP contribution < -0.4 is 5.32 Å². The van der Waals surface area contributed by atoms with Crippen molar-refractivity contribution in [3.8, 4) is 11.3 Å². The Morgan fingerprint density at radius 2 is 2.24 bits per heavy atom. The third kappa shape index (κ3) is 2.40. The molecule has 1 N–H and O–H groups in total. The first-order valence-corrected chi connectivity index (χ1v) is 6.04. The third-order valence-electron chi connectivity index (χ3n) is 2.58. The smallest absolute Gasteiger partial charge is 0.132 e. The van der Waals surface area contributed by atoms with E-state index in [9.17, 15) is 4.39 Å². The van der Waals surface area contributed by atoms with Gasteiger partial charge in [-0.15, -0.1) is 0 Å². The minimum absolute atomic E-state index is 0.245. The van der Waals surface area contributed by atoms with Crippen molar-refractivity contribution in [2.45, 2.75) is 6.54 Å². The Morgan fingerprint density at radius 1 is 1.47 bits per heavy atom. The Kier molecular flexibility index (Phi) is 3.59. The molecule has 0 aliphatic heterocycles. The van der Waals surface area contributed by atoms with Crippen LogP contribution in [0.15, 0.2) is 28.9 Å². The van der Waals surface area contributed by atoms with Gasteiger partial charge in [-0.2, -0.15) is 0 Å². The summed E-state index contributed by atoms with van der Waals surface area (Å²) >= 11 is 3.42. The number of hydrogen-bond acceptors (Lipinski definition) is 2. The average molecular weight is 298 g/mol. The molecular formula is C12H13BrFN3. The molecule has 5 heteroatoms. The second-order valence-corrected chi connectivity index (χ2v) is 4.52. The van der Waals surface area contributed by atoms with Gasteiger partial charge in [0.1, 0.15) is 16.2 Å². The van der Waals surface area contributed by atoms with Crippen molar-refractivity contribution in [2.24, 2.45) is 7.05 Å². The fourth-order valence-electron chi connectivity index (χ4n) is 1.77. The van der Waals surface area contributed by atoms with Crippen LogP contribution in [0.5, 0.6) is 0 Å². The average Bonchev–Trinajstić information content (AvgIpc) is 2.55. The summed E-state index contributed by atoms with van der Waals surface area (Å²) in [7, 11) is 3.79. The summed E-state index contributed by atoms with van der Waals surface area (Å²) in [5, 5.41) is 3.05. The lowest BCUT2D eigenvalue weighted by Gasteiger charge is -2.06. The molecule has 0 spiro atoms. The predicted octanol–water partition coefficient (Wildman–Crippen LogP) is 2.71. The molecule has 17 heavy (non-hydrogen) atoms. The normalized spacial score (nSPS) is 10.8. The van der Waals surface area contributed by atoms with Gasteiger partial charge in [0.15, 0.2) is 0 Å². The van der Waals surface area contributed by atoms with E-state index in [1.54, 1.807) is 6.07 Å². The molecule has 0 saturated carbocycles. The fraction of sp³-hybridized carbons (Fsp3) is 0.250. The molecule has 2 rings (SSSR count). The van der Waals surface area contributed by atoms with E-state index < -0.39 is 0 Å². The second kappa shape index (κ2) is 4.98. The first-order chi connectivity index (χ1) is 8.13.